The Kier molecular flexibility index (Phi) is 5.70. The van der Waals surface area contributed by atoms with Crippen molar-refractivity contribution in [2.45, 2.75) is 24.9 Å². The first kappa shape index (κ1) is 19.6. The molecule has 1 fully saturated rings. The molecule has 0 bridgehead atoms. The summed E-state index contributed by atoms with van der Waals surface area (Å²) in [6.07, 6.45) is 1.78. The number of carbonyl (C=O) groups is 1. The van der Waals surface area contributed by atoms with E-state index in [9.17, 15) is 4.79 Å². The summed E-state index contributed by atoms with van der Waals surface area (Å²) in [6, 6.07) is 8.65. The molecule has 4 rings (SSSR count). The monoisotopic (exact) mass is 410 g/mol. The summed E-state index contributed by atoms with van der Waals surface area (Å²) in [6.45, 7) is -0.199. The summed E-state index contributed by atoms with van der Waals surface area (Å²) in [7, 11) is 0. The van der Waals surface area contributed by atoms with Crippen LogP contribution < -0.4 is 5.73 Å². The Morgan fingerprint density at radius 2 is 2.17 bits per heavy atom. The van der Waals surface area contributed by atoms with Gasteiger partial charge in [-0.25, -0.2) is 19.7 Å². The lowest BCUT2D eigenvalue weighted by Gasteiger charge is -2.18. The van der Waals surface area contributed by atoms with Crippen molar-refractivity contribution in [3.05, 3.63) is 59.0 Å². The van der Waals surface area contributed by atoms with Gasteiger partial charge in [-0.05, 0) is 17.7 Å². The fourth-order valence-electron chi connectivity index (χ4n) is 3.25. The fraction of sp³-hybridized carbons (Fsp3) is 0.333. The van der Waals surface area contributed by atoms with Crippen molar-refractivity contribution in [2.75, 3.05) is 19.1 Å². The zero-order chi connectivity index (χ0) is 20.9. The van der Waals surface area contributed by atoms with E-state index in [4.69, 9.17) is 25.5 Å². The molecule has 1 saturated heterocycles. The highest BCUT2D eigenvalue weighted by Crippen LogP contribution is 2.33. The van der Waals surface area contributed by atoms with Crippen molar-refractivity contribution < 1.29 is 19.0 Å². The van der Waals surface area contributed by atoms with Gasteiger partial charge in [0.1, 0.15) is 37.5 Å². The molecule has 154 valence electrons. The molecule has 0 aliphatic carbocycles. The number of anilines is 1. The van der Waals surface area contributed by atoms with E-state index in [1.807, 2.05) is 6.07 Å². The van der Waals surface area contributed by atoms with Crippen LogP contribution in [0.25, 0.3) is 21.6 Å². The van der Waals surface area contributed by atoms with Crippen molar-refractivity contribution in [1.82, 2.24) is 19.5 Å². The molecule has 30 heavy (non-hydrogen) atoms. The summed E-state index contributed by atoms with van der Waals surface area (Å²) in [5.41, 5.74) is 15.8. The molecule has 3 aromatic rings. The van der Waals surface area contributed by atoms with Crippen LogP contribution in [0.15, 0.2) is 48.1 Å². The normalized spacial score (nSPS) is 20.7. The largest absolute Gasteiger partial charge is 0.459 e. The maximum atomic E-state index is 12.3. The van der Waals surface area contributed by atoms with Crippen molar-refractivity contribution in [1.29, 1.82) is 0 Å². The number of hydrogen-bond donors (Lipinski definition) is 1. The Morgan fingerprint density at radius 1 is 1.33 bits per heavy atom. The Morgan fingerprint density at radius 3 is 2.97 bits per heavy atom. The Balaban J connectivity index is 1.50. The molecule has 0 radical (unpaired) electrons. The van der Waals surface area contributed by atoms with Gasteiger partial charge < -0.3 is 19.9 Å². The van der Waals surface area contributed by atoms with Crippen LogP contribution in [0.4, 0.5) is 5.82 Å². The van der Waals surface area contributed by atoms with Crippen molar-refractivity contribution in [3.8, 4) is 0 Å². The number of azide groups is 1. The number of fused-ring (bicyclic) bond motifs is 1. The molecule has 1 aliphatic heterocycles. The van der Waals surface area contributed by atoms with Crippen LogP contribution in [0.1, 0.15) is 23.0 Å². The predicted molar refractivity (Wildman–Crippen MR) is 104 cm³/mol. The van der Waals surface area contributed by atoms with E-state index in [0.717, 1.165) is 0 Å². The van der Waals surface area contributed by atoms with Crippen LogP contribution >= 0.6 is 0 Å². The van der Waals surface area contributed by atoms with Gasteiger partial charge in [0.05, 0.1) is 18.0 Å². The van der Waals surface area contributed by atoms with E-state index in [-0.39, 0.29) is 19.2 Å². The van der Waals surface area contributed by atoms with Gasteiger partial charge in [0.2, 0.25) is 0 Å². The van der Waals surface area contributed by atoms with E-state index in [1.54, 1.807) is 35.2 Å². The number of nitrogen functional groups attached to an aromatic ring is 1. The van der Waals surface area contributed by atoms with Crippen molar-refractivity contribution in [2.24, 2.45) is 5.11 Å². The quantitative estimate of drug-likeness (QED) is 0.268. The average molecular weight is 410 g/mol. The first-order chi connectivity index (χ1) is 14.7. The van der Waals surface area contributed by atoms with Crippen molar-refractivity contribution >= 4 is 23.0 Å². The van der Waals surface area contributed by atoms with Gasteiger partial charge in [-0.2, -0.15) is 0 Å². The Labute approximate surface area is 170 Å². The minimum atomic E-state index is -0.576. The second-order valence-electron chi connectivity index (χ2n) is 6.48. The lowest BCUT2D eigenvalue weighted by Crippen LogP contribution is -2.30. The average Bonchev–Trinajstić information content (AvgIpc) is 3.38. The van der Waals surface area contributed by atoms with E-state index in [2.05, 4.69) is 25.0 Å². The van der Waals surface area contributed by atoms with Crippen LogP contribution in [0.3, 0.4) is 0 Å². The third-order valence-electron chi connectivity index (χ3n) is 4.68. The number of esters is 1. The molecule has 0 saturated carbocycles. The van der Waals surface area contributed by atoms with Gasteiger partial charge in [-0.3, -0.25) is 4.57 Å². The minimum absolute atomic E-state index is 0.0328. The Hall–Kier alpha value is -3.73. The number of ether oxygens (including phenoxy) is 3. The summed E-state index contributed by atoms with van der Waals surface area (Å²) in [4.78, 5) is 27.3. The van der Waals surface area contributed by atoms with Crippen LogP contribution in [-0.4, -0.2) is 51.0 Å². The molecule has 0 spiro atoms. The van der Waals surface area contributed by atoms with Crippen molar-refractivity contribution in [3.63, 3.8) is 0 Å². The third kappa shape index (κ3) is 4.01. The maximum Gasteiger partial charge on any atom is 0.338 e. The summed E-state index contributed by atoms with van der Waals surface area (Å²) in [5.74, 6) is -0.203. The maximum absolute atomic E-state index is 12.3. The predicted octanol–water partition coefficient (Wildman–Crippen LogP) is 2.21. The molecule has 1 aliphatic rings. The highest BCUT2D eigenvalue weighted by atomic mass is 16.6. The fourth-order valence-corrected chi connectivity index (χ4v) is 3.25. The molecular weight excluding hydrogens is 392 g/mol. The molecular formula is C18H18N8O4. The second kappa shape index (κ2) is 8.74. The highest BCUT2D eigenvalue weighted by Gasteiger charge is 2.38. The molecule has 12 heteroatoms. The van der Waals surface area contributed by atoms with Gasteiger partial charge in [0.15, 0.2) is 11.5 Å². The van der Waals surface area contributed by atoms with Crippen LogP contribution in [0.2, 0.25) is 0 Å². The van der Waals surface area contributed by atoms with Crippen LogP contribution in [-0.2, 0) is 14.2 Å². The zero-order valence-corrected chi connectivity index (χ0v) is 15.7. The number of nitrogens with zero attached hydrogens (tertiary/aromatic N) is 7. The standard InChI is InChI=1S/C18H18N8O4/c19-16-15-17(22-8-21-16)26(9-23-15)14-6-12(29-10-24-25-20)13(30-14)7-28-18(27)11-4-2-1-3-5-11/h1-5,8-9,12-14H,6-7,10H2,(H2,19,21,22)/t12-,13+,14+/m0/s1. The van der Waals surface area contributed by atoms with E-state index in [0.29, 0.717) is 23.1 Å². The van der Waals surface area contributed by atoms with Crippen LogP contribution in [0, 0.1) is 0 Å². The molecule has 12 nitrogen and oxygen atoms in total. The molecule has 3 atom stereocenters. The SMILES string of the molecule is [N-]=[N+]=NCO[C@H]1C[C@H](n2cnc3c(N)ncnc32)O[C@@H]1COC(=O)c1ccccc1. The number of rotatable bonds is 7. The van der Waals surface area contributed by atoms with Gasteiger partial charge in [-0.1, -0.05) is 23.3 Å². The molecule has 3 heterocycles. The third-order valence-corrected chi connectivity index (χ3v) is 4.68. The number of carbonyl (C=O) groups excluding carboxylic acids is 1. The number of nitrogens with two attached hydrogens (primary N) is 1. The number of hydrogen-bond acceptors (Lipinski definition) is 9. The zero-order valence-electron chi connectivity index (χ0n) is 15.7. The molecule has 2 aromatic heterocycles. The highest BCUT2D eigenvalue weighted by molar-refractivity contribution is 5.89. The first-order valence-corrected chi connectivity index (χ1v) is 9.10. The summed E-state index contributed by atoms with van der Waals surface area (Å²) >= 11 is 0. The van der Waals surface area contributed by atoms with Gasteiger partial charge in [0, 0.05) is 11.3 Å². The second-order valence-corrected chi connectivity index (χ2v) is 6.48. The lowest BCUT2D eigenvalue weighted by atomic mass is 10.2. The minimum Gasteiger partial charge on any atom is -0.459 e. The molecule has 0 amide bonds. The van der Waals surface area contributed by atoms with Gasteiger partial charge >= 0.3 is 5.97 Å². The smallest absolute Gasteiger partial charge is 0.338 e. The van der Waals surface area contributed by atoms with E-state index < -0.39 is 24.4 Å². The van der Waals surface area contributed by atoms with E-state index >= 15 is 0 Å². The Bertz CT molecular complexity index is 1080. The number of imidazole rings is 1. The van der Waals surface area contributed by atoms with E-state index in [1.165, 1.54) is 6.33 Å². The molecule has 0 unspecified atom stereocenters. The topological polar surface area (TPSA) is 163 Å². The summed E-state index contributed by atoms with van der Waals surface area (Å²) in [5, 5.41) is 3.40. The first-order valence-electron chi connectivity index (χ1n) is 9.10. The molecule has 1 aromatic carbocycles. The number of aromatic nitrogens is 4. The summed E-state index contributed by atoms with van der Waals surface area (Å²) < 4.78 is 18.8. The lowest BCUT2D eigenvalue weighted by molar-refractivity contribution is -0.0651. The van der Waals surface area contributed by atoms with Gasteiger partial charge in [-0.15, -0.1) is 0 Å². The van der Waals surface area contributed by atoms with Crippen LogP contribution in [0.5, 0.6) is 0 Å². The number of benzene rings is 1. The molecule has 2 N–H and O–H groups in total. The van der Waals surface area contributed by atoms with Gasteiger partial charge in [0.25, 0.3) is 0 Å².